The number of fused-ring (bicyclic) bond motifs is 1. The number of nitrogens with two attached hydrogens (primary N) is 1. The standard InChI is InChI=1S/C25H24N4O/c1-3-16(2)17-8-11-20(12-9-17)29-24(18-10-13-22(27)19(14-18)15-26)28-23-7-5-4-6-21(23)25(29)30/h4-16,26H,3,27H2,1-2H3. The summed E-state index contributed by atoms with van der Waals surface area (Å²) in [5.41, 5.74) is 10.3. The first-order valence-corrected chi connectivity index (χ1v) is 10.1. The molecule has 3 aromatic carbocycles. The number of anilines is 1. The van der Waals surface area contributed by atoms with E-state index in [4.69, 9.17) is 16.1 Å². The van der Waals surface area contributed by atoms with Crippen molar-refractivity contribution in [1.82, 2.24) is 9.55 Å². The quantitative estimate of drug-likeness (QED) is 0.361. The van der Waals surface area contributed by atoms with Gasteiger partial charge in [0.1, 0.15) is 5.82 Å². The summed E-state index contributed by atoms with van der Waals surface area (Å²) in [6.07, 6.45) is 2.27. The van der Waals surface area contributed by atoms with E-state index >= 15 is 0 Å². The van der Waals surface area contributed by atoms with Crippen LogP contribution in [0.25, 0.3) is 28.0 Å². The monoisotopic (exact) mass is 396 g/mol. The number of nitrogens with zero attached hydrogens (tertiary/aromatic N) is 2. The van der Waals surface area contributed by atoms with Crippen molar-refractivity contribution < 1.29 is 0 Å². The average Bonchev–Trinajstić information content (AvgIpc) is 2.79. The van der Waals surface area contributed by atoms with Crippen LogP contribution in [-0.4, -0.2) is 15.8 Å². The van der Waals surface area contributed by atoms with Crippen LogP contribution in [0.1, 0.15) is 37.3 Å². The number of hydrogen-bond donors (Lipinski definition) is 2. The van der Waals surface area contributed by atoms with E-state index < -0.39 is 0 Å². The third kappa shape index (κ3) is 3.39. The van der Waals surface area contributed by atoms with Crippen LogP contribution in [0.4, 0.5) is 5.69 Å². The second-order valence-corrected chi connectivity index (χ2v) is 7.48. The number of nitrogen functional groups attached to an aromatic ring is 1. The highest BCUT2D eigenvalue weighted by Gasteiger charge is 2.15. The summed E-state index contributed by atoms with van der Waals surface area (Å²) in [6.45, 7) is 4.36. The number of benzene rings is 3. The molecular formula is C25H24N4O. The van der Waals surface area contributed by atoms with Crippen LogP contribution in [0, 0.1) is 5.41 Å². The normalized spacial score (nSPS) is 12.1. The molecule has 0 bridgehead atoms. The minimum Gasteiger partial charge on any atom is -0.398 e. The third-order valence-corrected chi connectivity index (χ3v) is 5.61. The van der Waals surface area contributed by atoms with E-state index in [0.717, 1.165) is 17.7 Å². The van der Waals surface area contributed by atoms with Gasteiger partial charge >= 0.3 is 0 Å². The minimum atomic E-state index is -0.125. The molecular weight excluding hydrogens is 372 g/mol. The maximum atomic E-state index is 13.5. The highest BCUT2D eigenvalue weighted by molar-refractivity contribution is 5.88. The highest BCUT2D eigenvalue weighted by atomic mass is 16.1. The van der Waals surface area contributed by atoms with E-state index in [2.05, 4.69) is 26.0 Å². The smallest absolute Gasteiger partial charge is 0.266 e. The molecule has 4 aromatic rings. The molecule has 1 heterocycles. The highest BCUT2D eigenvalue weighted by Crippen LogP contribution is 2.26. The number of nitrogens with one attached hydrogen (secondary N) is 1. The topological polar surface area (TPSA) is 84.8 Å². The zero-order valence-corrected chi connectivity index (χ0v) is 17.1. The fourth-order valence-electron chi connectivity index (χ4n) is 3.59. The number of hydrogen-bond acceptors (Lipinski definition) is 4. The Bertz CT molecular complexity index is 1290. The first-order chi connectivity index (χ1) is 14.5. The molecule has 30 heavy (non-hydrogen) atoms. The molecule has 0 saturated carbocycles. The molecule has 1 unspecified atom stereocenters. The van der Waals surface area contributed by atoms with Crippen LogP contribution in [0.3, 0.4) is 0 Å². The summed E-state index contributed by atoms with van der Waals surface area (Å²) < 4.78 is 1.64. The Balaban J connectivity index is 2.00. The first kappa shape index (κ1) is 19.6. The van der Waals surface area contributed by atoms with Crippen LogP contribution in [0.5, 0.6) is 0 Å². The van der Waals surface area contributed by atoms with Gasteiger partial charge in [-0.15, -0.1) is 0 Å². The molecule has 4 rings (SSSR count). The molecule has 1 aromatic heterocycles. The molecule has 0 fully saturated rings. The van der Waals surface area contributed by atoms with Crippen molar-refractivity contribution in [2.24, 2.45) is 0 Å². The zero-order chi connectivity index (χ0) is 21.3. The minimum absolute atomic E-state index is 0.125. The predicted octanol–water partition coefficient (Wildman–Crippen LogP) is 5.15. The van der Waals surface area contributed by atoms with Crippen LogP contribution in [0.2, 0.25) is 0 Å². The molecule has 0 amide bonds. The van der Waals surface area contributed by atoms with Gasteiger partial charge in [0.2, 0.25) is 0 Å². The predicted molar refractivity (Wildman–Crippen MR) is 124 cm³/mol. The lowest BCUT2D eigenvalue weighted by atomic mass is 9.98. The van der Waals surface area contributed by atoms with Gasteiger partial charge in [0.15, 0.2) is 0 Å². The van der Waals surface area contributed by atoms with Crippen LogP contribution >= 0.6 is 0 Å². The van der Waals surface area contributed by atoms with Crippen molar-refractivity contribution in [3.05, 3.63) is 88.2 Å². The summed E-state index contributed by atoms with van der Waals surface area (Å²) >= 11 is 0. The van der Waals surface area contributed by atoms with Crippen LogP contribution in [-0.2, 0) is 0 Å². The van der Waals surface area contributed by atoms with Gasteiger partial charge in [-0.25, -0.2) is 4.98 Å². The molecule has 0 radical (unpaired) electrons. The lowest BCUT2D eigenvalue weighted by Gasteiger charge is -2.16. The Morgan fingerprint density at radius 2 is 1.83 bits per heavy atom. The largest absolute Gasteiger partial charge is 0.398 e. The van der Waals surface area contributed by atoms with E-state index in [1.807, 2.05) is 36.4 Å². The summed E-state index contributed by atoms with van der Waals surface area (Å²) in [7, 11) is 0. The van der Waals surface area contributed by atoms with E-state index in [1.165, 1.54) is 11.8 Å². The van der Waals surface area contributed by atoms with Crippen molar-refractivity contribution in [2.45, 2.75) is 26.2 Å². The van der Waals surface area contributed by atoms with Crippen molar-refractivity contribution in [3.63, 3.8) is 0 Å². The number of para-hydroxylation sites is 1. The van der Waals surface area contributed by atoms with Crippen molar-refractivity contribution >= 4 is 22.8 Å². The average molecular weight is 396 g/mol. The van der Waals surface area contributed by atoms with Crippen molar-refractivity contribution in [2.75, 3.05) is 5.73 Å². The van der Waals surface area contributed by atoms with E-state index in [-0.39, 0.29) is 5.56 Å². The molecule has 0 aliphatic heterocycles. The van der Waals surface area contributed by atoms with Crippen molar-refractivity contribution in [3.8, 4) is 17.1 Å². The Hall–Kier alpha value is -3.73. The molecule has 0 aliphatic rings. The maximum absolute atomic E-state index is 13.5. The van der Waals surface area contributed by atoms with Gasteiger partial charge in [0.05, 0.1) is 16.6 Å². The van der Waals surface area contributed by atoms with Gasteiger partial charge in [-0.1, -0.05) is 38.1 Å². The maximum Gasteiger partial charge on any atom is 0.266 e. The van der Waals surface area contributed by atoms with Gasteiger partial charge in [0, 0.05) is 23.0 Å². The Morgan fingerprint density at radius 3 is 2.53 bits per heavy atom. The van der Waals surface area contributed by atoms with Gasteiger partial charge in [0.25, 0.3) is 5.56 Å². The lowest BCUT2D eigenvalue weighted by molar-refractivity contribution is 0.733. The van der Waals surface area contributed by atoms with Crippen molar-refractivity contribution in [1.29, 1.82) is 5.41 Å². The Morgan fingerprint density at radius 1 is 1.10 bits per heavy atom. The zero-order valence-electron chi connectivity index (χ0n) is 17.1. The molecule has 1 atom stereocenters. The van der Waals surface area contributed by atoms with Gasteiger partial charge in [-0.2, -0.15) is 0 Å². The van der Waals surface area contributed by atoms with Crippen LogP contribution in [0.15, 0.2) is 71.5 Å². The first-order valence-electron chi connectivity index (χ1n) is 10.1. The number of rotatable bonds is 5. The summed E-state index contributed by atoms with van der Waals surface area (Å²) in [4.78, 5) is 18.3. The Labute approximate surface area is 175 Å². The molecule has 0 aliphatic carbocycles. The van der Waals surface area contributed by atoms with Gasteiger partial charge < -0.3 is 11.1 Å². The van der Waals surface area contributed by atoms with E-state index in [9.17, 15) is 4.79 Å². The molecule has 150 valence electrons. The molecule has 0 spiro atoms. The lowest BCUT2D eigenvalue weighted by Crippen LogP contribution is -2.22. The fourth-order valence-corrected chi connectivity index (χ4v) is 3.59. The summed E-state index contributed by atoms with van der Waals surface area (Å²) in [5, 5.41) is 8.19. The molecule has 5 heteroatoms. The van der Waals surface area contributed by atoms with Gasteiger partial charge in [-0.05, 0) is 60.4 Å². The SMILES string of the molecule is CCC(C)c1ccc(-n2c(-c3ccc(N)c(C=N)c3)nc3ccccc3c2=O)cc1. The third-order valence-electron chi connectivity index (χ3n) is 5.61. The number of aromatic nitrogens is 2. The van der Waals surface area contributed by atoms with E-state index in [0.29, 0.717) is 33.9 Å². The van der Waals surface area contributed by atoms with Crippen LogP contribution < -0.4 is 11.3 Å². The molecule has 0 saturated heterocycles. The fraction of sp³-hybridized carbons (Fsp3) is 0.160. The molecule has 3 N–H and O–H groups in total. The summed E-state index contributed by atoms with van der Waals surface area (Å²) in [6, 6.07) is 20.8. The second-order valence-electron chi connectivity index (χ2n) is 7.48. The Kier molecular flexibility index (Phi) is 5.19. The second kappa shape index (κ2) is 7.95. The molecule has 5 nitrogen and oxygen atoms in total. The van der Waals surface area contributed by atoms with E-state index in [1.54, 1.807) is 22.8 Å². The summed E-state index contributed by atoms with van der Waals surface area (Å²) in [5.74, 6) is 0.982. The van der Waals surface area contributed by atoms with Gasteiger partial charge in [-0.3, -0.25) is 9.36 Å².